The maximum Gasteiger partial charge on any atom is 0.251 e. The number of aryl methyl sites for hydroxylation is 2. The van der Waals surface area contributed by atoms with Crippen molar-refractivity contribution in [2.75, 3.05) is 5.73 Å². The van der Waals surface area contributed by atoms with E-state index in [4.69, 9.17) is 5.73 Å². The van der Waals surface area contributed by atoms with E-state index in [1.807, 2.05) is 6.07 Å². The van der Waals surface area contributed by atoms with Crippen LogP contribution in [0.25, 0.3) is 0 Å². The van der Waals surface area contributed by atoms with Crippen molar-refractivity contribution >= 4 is 23.1 Å². The maximum atomic E-state index is 12.3. The van der Waals surface area contributed by atoms with Gasteiger partial charge in [-0.05, 0) is 42.0 Å². The third-order valence-electron chi connectivity index (χ3n) is 3.29. The molecule has 0 aliphatic rings. The van der Waals surface area contributed by atoms with Crippen molar-refractivity contribution < 1.29 is 4.79 Å². The van der Waals surface area contributed by atoms with Gasteiger partial charge in [-0.15, -0.1) is 11.3 Å². The molecule has 5 heteroatoms. The molecule has 1 amide bonds. The number of nitrogens with one attached hydrogen (secondary N) is 1. The molecule has 2 rings (SSSR count). The molecule has 0 aliphatic heterocycles. The van der Waals surface area contributed by atoms with Gasteiger partial charge in [0.1, 0.15) is 5.82 Å². The second-order valence-electron chi connectivity index (χ2n) is 4.93. The van der Waals surface area contributed by atoms with Gasteiger partial charge in [0, 0.05) is 16.1 Å². The number of anilines is 1. The Labute approximate surface area is 129 Å². The number of amides is 1. The number of hydrogen-bond acceptors (Lipinski definition) is 4. The number of nitrogens with two attached hydrogens (primary N) is 1. The van der Waals surface area contributed by atoms with E-state index in [1.165, 1.54) is 10.4 Å². The number of carbonyl (C=O) groups excluding carboxylic acids is 1. The van der Waals surface area contributed by atoms with E-state index in [0.29, 0.717) is 17.9 Å². The summed E-state index contributed by atoms with van der Waals surface area (Å²) in [5, 5.41) is 5.02. The highest BCUT2D eigenvalue weighted by atomic mass is 32.1. The zero-order chi connectivity index (χ0) is 15.2. The first kappa shape index (κ1) is 15.5. The molecule has 0 aromatic carbocycles. The van der Waals surface area contributed by atoms with Crippen LogP contribution in [0.4, 0.5) is 5.82 Å². The molecule has 0 unspecified atom stereocenters. The van der Waals surface area contributed by atoms with E-state index in [9.17, 15) is 4.79 Å². The molecule has 0 spiro atoms. The summed E-state index contributed by atoms with van der Waals surface area (Å²) in [6.45, 7) is 4.76. The summed E-state index contributed by atoms with van der Waals surface area (Å²) >= 11 is 1.67. The Morgan fingerprint density at radius 1 is 1.38 bits per heavy atom. The summed E-state index contributed by atoms with van der Waals surface area (Å²) in [5.41, 5.74) is 8.52. The fourth-order valence-corrected chi connectivity index (χ4v) is 3.14. The largest absolute Gasteiger partial charge is 0.384 e. The lowest BCUT2D eigenvalue weighted by atomic mass is 10.1. The average molecular weight is 303 g/mol. The molecule has 0 radical (unpaired) electrons. The monoisotopic (exact) mass is 303 g/mol. The summed E-state index contributed by atoms with van der Waals surface area (Å²) in [6.07, 6.45) is 2.79. The van der Waals surface area contributed by atoms with Crippen molar-refractivity contribution in [3.8, 4) is 0 Å². The number of pyridine rings is 1. The van der Waals surface area contributed by atoms with E-state index in [2.05, 4.69) is 35.6 Å². The van der Waals surface area contributed by atoms with Gasteiger partial charge in [-0.25, -0.2) is 4.98 Å². The Balaban J connectivity index is 2.06. The maximum absolute atomic E-state index is 12.3. The Morgan fingerprint density at radius 2 is 2.19 bits per heavy atom. The lowest BCUT2D eigenvalue weighted by Gasteiger charge is -2.08. The van der Waals surface area contributed by atoms with E-state index >= 15 is 0 Å². The molecule has 0 atom stereocenters. The minimum Gasteiger partial charge on any atom is -0.384 e. The molecule has 112 valence electrons. The van der Waals surface area contributed by atoms with Gasteiger partial charge in [0.15, 0.2) is 0 Å². The van der Waals surface area contributed by atoms with E-state index in [-0.39, 0.29) is 5.91 Å². The van der Waals surface area contributed by atoms with E-state index < -0.39 is 0 Å². The van der Waals surface area contributed by atoms with Gasteiger partial charge in [0.05, 0.1) is 6.54 Å². The van der Waals surface area contributed by atoms with Gasteiger partial charge in [-0.2, -0.15) is 0 Å². The van der Waals surface area contributed by atoms with Gasteiger partial charge in [0.2, 0.25) is 0 Å². The number of rotatable bonds is 6. The van der Waals surface area contributed by atoms with Crippen LogP contribution in [0, 0.1) is 0 Å². The molecule has 0 bridgehead atoms. The summed E-state index contributed by atoms with van der Waals surface area (Å²) in [7, 11) is 0. The van der Waals surface area contributed by atoms with Gasteiger partial charge in [-0.1, -0.05) is 20.3 Å². The van der Waals surface area contributed by atoms with Gasteiger partial charge >= 0.3 is 0 Å². The molecule has 2 aromatic heterocycles. The quantitative estimate of drug-likeness (QED) is 0.861. The number of nitrogen functional groups attached to an aromatic ring is 1. The van der Waals surface area contributed by atoms with Crippen molar-refractivity contribution in [2.45, 2.75) is 39.7 Å². The van der Waals surface area contributed by atoms with E-state index in [1.54, 1.807) is 17.4 Å². The molecular formula is C16H21N3OS. The summed E-state index contributed by atoms with van der Waals surface area (Å²) in [6, 6.07) is 5.56. The first-order valence-electron chi connectivity index (χ1n) is 7.23. The fourth-order valence-electron chi connectivity index (χ4n) is 2.23. The lowest BCUT2D eigenvalue weighted by molar-refractivity contribution is 0.0951. The number of thiophene rings is 1. The Hall–Kier alpha value is -1.88. The number of aromatic nitrogens is 1. The van der Waals surface area contributed by atoms with Crippen LogP contribution in [0.5, 0.6) is 0 Å². The summed E-state index contributed by atoms with van der Waals surface area (Å²) in [4.78, 5) is 17.7. The highest BCUT2D eigenvalue weighted by Gasteiger charge is 2.10. The molecule has 0 saturated carbocycles. The average Bonchev–Trinajstić information content (AvgIpc) is 2.92. The third-order valence-corrected chi connectivity index (χ3v) is 4.26. The third kappa shape index (κ3) is 4.04. The van der Waals surface area contributed by atoms with Crippen LogP contribution in [0.3, 0.4) is 0 Å². The smallest absolute Gasteiger partial charge is 0.251 e. The Morgan fingerprint density at radius 3 is 2.90 bits per heavy atom. The molecule has 0 aliphatic carbocycles. The second kappa shape index (κ2) is 7.22. The van der Waals surface area contributed by atoms with E-state index in [0.717, 1.165) is 25.0 Å². The fraction of sp³-hybridized carbons (Fsp3) is 0.375. The number of carbonyl (C=O) groups is 1. The van der Waals surface area contributed by atoms with Crippen molar-refractivity contribution in [3.63, 3.8) is 0 Å². The standard InChI is InChI=1S/C16H21N3OS/c1-3-5-13-8-12(9-15(17)19-13)16(20)18-10-14-11(4-2)6-7-21-14/h6-9H,3-5,10H2,1-2H3,(H2,17,19)(H,18,20). The predicted octanol–water partition coefficient (Wildman–Crippen LogP) is 3.17. The van der Waals surface area contributed by atoms with Gasteiger partial charge < -0.3 is 11.1 Å². The number of nitrogens with zero attached hydrogens (tertiary/aromatic N) is 1. The van der Waals surface area contributed by atoms with Crippen LogP contribution in [0.1, 0.15) is 46.8 Å². The summed E-state index contributed by atoms with van der Waals surface area (Å²) < 4.78 is 0. The van der Waals surface area contributed by atoms with Crippen LogP contribution >= 0.6 is 11.3 Å². The zero-order valence-electron chi connectivity index (χ0n) is 12.5. The molecule has 2 heterocycles. The van der Waals surface area contributed by atoms with Crippen LogP contribution in [-0.2, 0) is 19.4 Å². The first-order chi connectivity index (χ1) is 10.1. The van der Waals surface area contributed by atoms with Gasteiger partial charge in [-0.3, -0.25) is 4.79 Å². The predicted molar refractivity (Wildman–Crippen MR) is 87.5 cm³/mol. The topological polar surface area (TPSA) is 68.0 Å². The van der Waals surface area contributed by atoms with Crippen LogP contribution in [0.2, 0.25) is 0 Å². The Bertz CT molecular complexity index is 622. The van der Waals surface area contributed by atoms with Crippen molar-refractivity contribution in [3.05, 3.63) is 45.3 Å². The molecule has 21 heavy (non-hydrogen) atoms. The molecule has 4 nitrogen and oxygen atoms in total. The molecule has 2 aromatic rings. The minimum absolute atomic E-state index is 0.100. The molecule has 3 N–H and O–H groups in total. The number of hydrogen-bond donors (Lipinski definition) is 2. The second-order valence-corrected chi connectivity index (χ2v) is 5.93. The van der Waals surface area contributed by atoms with Gasteiger partial charge in [0.25, 0.3) is 5.91 Å². The minimum atomic E-state index is -0.100. The van der Waals surface area contributed by atoms with Crippen LogP contribution in [0.15, 0.2) is 23.6 Å². The Kier molecular flexibility index (Phi) is 5.33. The first-order valence-corrected chi connectivity index (χ1v) is 8.11. The lowest BCUT2D eigenvalue weighted by Crippen LogP contribution is -2.23. The zero-order valence-corrected chi connectivity index (χ0v) is 13.3. The SMILES string of the molecule is CCCc1cc(C(=O)NCc2sccc2CC)cc(N)n1. The molecule has 0 saturated heterocycles. The van der Waals surface area contributed by atoms with Crippen molar-refractivity contribution in [2.24, 2.45) is 0 Å². The van der Waals surface area contributed by atoms with Crippen LogP contribution in [-0.4, -0.2) is 10.9 Å². The van der Waals surface area contributed by atoms with Crippen LogP contribution < -0.4 is 11.1 Å². The highest BCUT2D eigenvalue weighted by Crippen LogP contribution is 2.17. The highest BCUT2D eigenvalue weighted by molar-refractivity contribution is 7.10. The summed E-state index contributed by atoms with van der Waals surface area (Å²) in [5.74, 6) is 0.299. The molecular weight excluding hydrogens is 282 g/mol. The normalized spacial score (nSPS) is 10.6. The van der Waals surface area contributed by atoms with Crippen molar-refractivity contribution in [1.29, 1.82) is 0 Å². The van der Waals surface area contributed by atoms with Crippen molar-refractivity contribution in [1.82, 2.24) is 10.3 Å². The molecule has 0 fully saturated rings.